The lowest BCUT2D eigenvalue weighted by Crippen LogP contribution is -2.43. The van der Waals surface area contributed by atoms with Crippen LogP contribution in [0.1, 0.15) is 66.8 Å². The Bertz CT molecular complexity index is 1350. The summed E-state index contributed by atoms with van der Waals surface area (Å²) >= 11 is 0. The van der Waals surface area contributed by atoms with Crippen molar-refractivity contribution in [2.75, 3.05) is 46.9 Å². The number of carboxylic acid groups (broad SMARTS) is 1. The van der Waals surface area contributed by atoms with Crippen LogP contribution in [0.3, 0.4) is 0 Å². The fourth-order valence-corrected chi connectivity index (χ4v) is 6.96. The van der Waals surface area contributed by atoms with Crippen LogP contribution in [0.2, 0.25) is 0 Å². The highest BCUT2D eigenvalue weighted by Gasteiger charge is 2.31. The van der Waals surface area contributed by atoms with E-state index in [2.05, 4.69) is 40.6 Å². The number of benzene rings is 2. The molecule has 7 nitrogen and oxygen atoms in total. The zero-order valence-electron chi connectivity index (χ0n) is 24.5. The van der Waals surface area contributed by atoms with Gasteiger partial charge in [-0.2, -0.15) is 0 Å². The van der Waals surface area contributed by atoms with Crippen LogP contribution in [0.25, 0.3) is 22.2 Å². The van der Waals surface area contributed by atoms with Crippen LogP contribution in [-0.4, -0.2) is 78.4 Å². The van der Waals surface area contributed by atoms with Crippen molar-refractivity contribution >= 4 is 54.1 Å². The predicted molar refractivity (Wildman–Crippen MR) is 176 cm³/mol. The number of piperidine rings is 1. The smallest absolute Gasteiger partial charge is 0.335 e. The summed E-state index contributed by atoms with van der Waals surface area (Å²) in [4.78, 5) is 16.7. The van der Waals surface area contributed by atoms with Gasteiger partial charge in [-0.15, -0.1) is 37.2 Å². The van der Waals surface area contributed by atoms with Crippen molar-refractivity contribution < 1.29 is 19.4 Å². The Morgan fingerprint density at radius 1 is 1.02 bits per heavy atom. The summed E-state index contributed by atoms with van der Waals surface area (Å²) in [7, 11) is 4.41. The number of nitrogens with zero attached hydrogens (tertiary/aromatic N) is 3. The van der Waals surface area contributed by atoms with Crippen molar-refractivity contribution in [3.8, 4) is 22.8 Å². The Labute approximate surface area is 267 Å². The van der Waals surface area contributed by atoms with Gasteiger partial charge >= 0.3 is 5.97 Å². The lowest BCUT2D eigenvalue weighted by atomic mass is 9.81. The van der Waals surface area contributed by atoms with E-state index < -0.39 is 5.97 Å². The van der Waals surface area contributed by atoms with Crippen LogP contribution in [-0.2, 0) is 6.54 Å². The van der Waals surface area contributed by atoms with E-state index in [-0.39, 0.29) is 37.2 Å². The minimum absolute atomic E-state index is 0. The Morgan fingerprint density at radius 3 is 2.48 bits per heavy atom. The largest absolute Gasteiger partial charge is 0.488 e. The number of rotatable bonds is 7. The van der Waals surface area contributed by atoms with Crippen LogP contribution in [0, 0.1) is 0 Å². The van der Waals surface area contributed by atoms with E-state index in [0.29, 0.717) is 37.3 Å². The molecule has 1 saturated carbocycles. The maximum Gasteiger partial charge on any atom is 0.335 e. The van der Waals surface area contributed by atoms with Gasteiger partial charge in [-0.3, -0.25) is 4.90 Å². The Morgan fingerprint density at radius 2 is 1.76 bits per heavy atom. The van der Waals surface area contributed by atoms with Crippen molar-refractivity contribution in [1.29, 1.82) is 0 Å². The zero-order valence-corrected chi connectivity index (χ0v) is 27.0. The summed E-state index contributed by atoms with van der Waals surface area (Å²) in [5.41, 5.74) is 4.91. The predicted octanol–water partition coefficient (Wildman–Crippen LogP) is 7.12. The third-order valence-corrected chi connectivity index (χ3v) is 9.17. The van der Waals surface area contributed by atoms with Gasteiger partial charge in [0.1, 0.15) is 13.2 Å². The maximum absolute atomic E-state index is 11.8. The molecule has 0 bridgehead atoms. The average Bonchev–Trinajstić information content (AvgIpc) is 3.14. The standard InChI is InChI=1S/C32H41N3O4.3ClH/c1-33-15-13-24(14-16-33)34(2)17-19-38-28-10-6-9-26-30-29(22-7-4-3-5-8-22)25-12-11-23(32(36)37)21-27(25)35(30)18-20-39-31(26)28;;;/h6,9-12,21-22,24H,3-5,7-8,13-20H2,1-2H3,(H,36,37);3*1H. The first-order chi connectivity index (χ1) is 19.0. The molecule has 2 fully saturated rings. The molecule has 0 amide bonds. The summed E-state index contributed by atoms with van der Waals surface area (Å²) < 4.78 is 15.1. The number of aromatic carboxylic acids is 1. The lowest BCUT2D eigenvalue weighted by molar-refractivity contribution is 0.0697. The average molecular weight is 641 g/mol. The molecule has 1 aromatic heterocycles. The molecular weight excluding hydrogens is 597 g/mol. The van der Waals surface area contributed by atoms with Gasteiger partial charge in [0.25, 0.3) is 0 Å². The second-order valence-electron chi connectivity index (χ2n) is 11.6. The third kappa shape index (κ3) is 6.81. The SMILES string of the molecule is CN1CCC(N(C)CCOc2cccc3c2OCCn2c-3c(C3CCCCC3)c3ccc(C(=O)O)cc32)CC1.Cl.Cl.Cl. The first-order valence-electron chi connectivity index (χ1n) is 14.7. The second kappa shape index (κ2) is 15.0. The van der Waals surface area contributed by atoms with Gasteiger partial charge in [0.2, 0.25) is 0 Å². The number of para-hydroxylation sites is 1. The molecule has 1 saturated heterocycles. The van der Waals surface area contributed by atoms with E-state index in [1.54, 1.807) is 6.07 Å². The van der Waals surface area contributed by atoms with Gasteiger partial charge in [-0.05, 0) is 88.6 Å². The van der Waals surface area contributed by atoms with E-state index in [1.165, 1.54) is 61.6 Å². The van der Waals surface area contributed by atoms with Crippen LogP contribution < -0.4 is 9.47 Å². The van der Waals surface area contributed by atoms with E-state index in [9.17, 15) is 9.90 Å². The number of halogens is 3. The van der Waals surface area contributed by atoms with Gasteiger partial charge in [0, 0.05) is 29.1 Å². The molecule has 2 aliphatic heterocycles. The zero-order chi connectivity index (χ0) is 26.9. The molecule has 42 heavy (non-hydrogen) atoms. The molecule has 1 N–H and O–H groups in total. The van der Waals surface area contributed by atoms with Gasteiger partial charge in [-0.25, -0.2) is 4.79 Å². The van der Waals surface area contributed by atoms with Gasteiger partial charge < -0.3 is 24.0 Å². The fourth-order valence-electron chi connectivity index (χ4n) is 6.96. The normalized spacial score (nSPS) is 17.6. The number of ether oxygens (including phenoxy) is 2. The van der Waals surface area contributed by atoms with E-state index in [0.717, 1.165) is 42.2 Å². The van der Waals surface area contributed by atoms with Crippen molar-refractivity contribution in [2.45, 2.75) is 63.5 Å². The number of likely N-dealkylation sites (N-methyl/N-ethyl adjacent to an activating group) is 1. The van der Waals surface area contributed by atoms with Gasteiger partial charge in [0.05, 0.1) is 17.8 Å². The number of hydrogen-bond donors (Lipinski definition) is 1. The molecule has 0 radical (unpaired) electrons. The molecule has 3 aliphatic rings. The third-order valence-electron chi connectivity index (χ3n) is 9.17. The van der Waals surface area contributed by atoms with Crippen LogP contribution in [0.4, 0.5) is 0 Å². The summed E-state index contributed by atoms with van der Waals surface area (Å²) in [6, 6.07) is 12.5. The summed E-state index contributed by atoms with van der Waals surface area (Å²) in [6.45, 7) is 4.99. The number of likely N-dealkylation sites (tertiary alicyclic amines) is 1. The molecule has 10 heteroatoms. The quantitative estimate of drug-likeness (QED) is 0.297. The molecule has 232 valence electrons. The van der Waals surface area contributed by atoms with Gasteiger partial charge in [0.15, 0.2) is 11.5 Å². The number of carboxylic acids is 1. The minimum atomic E-state index is -0.891. The van der Waals surface area contributed by atoms with Crippen molar-refractivity contribution in [3.05, 3.63) is 47.5 Å². The monoisotopic (exact) mass is 639 g/mol. The Hall–Kier alpha value is -2.16. The first kappa shape index (κ1) is 34.3. The number of fused-ring (bicyclic) bond motifs is 5. The van der Waals surface area contributed by atoms with E-state index in [4.69, 9.17) is 9.47 Å². The van der Waals surface area contributed by atoms with Crippen molar-refractivity contribution in [1.82, 2.24) is 14.4 Å². The van der Waals surface area contributed by atoms with Crippen molar-refractivity contribution in [2.24, 2.45) is 0 Å². The molecule has 6 rings (SSSR count). The molecule has 3 aromatic rings. The highest BCUT2D eigenvalue weighted by molar-refractivity contribution is 5.99. The lowest BCUT2D eigenvalue weighted by Gasteiger charge is -2.35. The second-order valence-corrected chi connectivity index (χ2v) is 11.6. The number of aromatic nitrogens is 1. The fraction of sp³-hybridized carbons (Fsp3) is 0.531. The number of hydrogen-bond acceptors (Lipinski definition) is 5. The molecule has 1 aliphatic carbocycles. The molecule has 2 aromatic carbocycles. The summed E-state index contributed by atoms with van der Waals surface area (Å²) in [6.07, 6.45) is 8.51. The van der Waals surface area contributed by atoms with Crippen LogP contribution in [0.5, 0.6) is 11.5 Å². The molecular formula is C32H44Cl3N3O4. The molecule has 3 heterocycles. The minimum Gasteiger partial charge on any atom is -0.488 e. The molecule has 0 unspecified atom stereocenters. The van der Waals surface area contributed by atoms with Gasteiger partial charge in [-0.1, -0.05) is 31.4 Å². The Kier molecular flexibility index (Phi) is 12.3. The highest BCUT2D eigenvalue weighted by Crippen LogP contribution is 2.49. The van der Waals surface area contributed by atoms with Crippen molar-refractivity contribution in [3.63, 3.8) is 0 Å². The van der Waals surface area contributed by atoms with Crippen LogP contribution in [0.15, 0.2) is 36.4 Å². The first-order valence-corrected chi connectivity index (χ1v) is 14.7. The maximum atomic E-state index is 11.8. The number of carbonyl (C=O) groups is 1. The van der Waals surface area contributed by atoms with Crippen LogP contribution >= 0.6 is 37.2 Å². The molecule has 0 atom stereocenters. The van der Waals surface area contributed by atoms with E-state index in [1.807, 2.05) is 18.2 Å². The summed E-state index contributed by atoms with van der Waals surface area (Å²) in [5, 5.41) is 10.9. The summed E-state index contributed by atoms with van der Waals surface area (Å²) in [5.74, 6) is 1.19. The topological polar surface area (TPSA) is 67.2 Å². The highest BCUT2D eigenvalue weighted by atomic mass is 35.5. The van der Waals surface area contributed by atoms with E-state index >= 15 is 0 Å². The Balaban J connectivity index is 0.00000161. The molecule has 0 spiro atoms.